The van der Waals surface area contributed by atoms with Crippen LogP contribution in [0.4, 0.5) is 5.69 Å². The second-order valence-corrected chi connectivity index (χ2v) is 3.06. The van der Waals surface area contributed by atoms with Gasteiger partial charge in [-0.3, -0.25) is 0 Å². The molecule has 2 heterocycles. The van der Waals surface area contributed by atoms with E-state index in [2.05, 4.69) is 26.0 Å². The van der Waals surface area contributed by atoms with Crippen molar-refractivity contribution in [3.8, 4) is 0 Å². The standard InChI is InChI=1S/C6H5BrN4/c7-4-1-9-6-5(8)2-10-11(6)3-4/h1-3H,8H2. The lowest BCUT2D eigenvalue weighted by Crippen LogP contribution is -1.90. The Labute approximate surface area is 71.2 Å². The molecule has 2 N–H and O–H groups in total. The van der Waals surface area contributed by atoms with Gasteiger partial charge in [0.1, 0.15) is 0 Å². The third-order valence-corrected chi connectivity index (χ3v) is 1.76. The van der Waals surface area contributed by atoms with E-state index in [1.54, 1.807) is 23.1 Å². The van der Waals surface area contributed by atoms with Crippen molar-refractivity contribution in [1.82, 2.24) is 14.6 Å². The number of halogens is 1. The molecule has 0 amide bonds. The summed E-state index contributed by atoms with van der Waals surface area (Å²) in [5, 5.41) is 3.98. The topological polar surface area (TPSA) is 56.2 Å². The van der Waals surface area contributed by atoms with Gasteiger partial charge < -0.3 is 5.73 Å². The SMILES string of the molecule is Nc1cnn2cc(Br)cnc12. The number of aromatic nitrogens is 3. The summed E-state index contributed by atoms with van der Waals surface area (Å²) in [5.41, 5.74) is 6.85. The molecule has 0 saturated carbocycles. The van der Waals surface area contributed by atoms with E-state index < -0.39 is 0 Å². The van der Waals surface area contributed by atoms with Crippen molar-refractivity contribution in [2.24, 2.45) is 0 Å². The van der Waals surface area contributed by atoms with Gasteiger partial charge in [-0.05, 0) is 15.9 Å². The lowest BCUT2D eigenvalue weighted by Gasteiger charge is -1.92. The summed E-state index contributed by atoms with van der Waals surface area (Å²) in [7, 11) is 0. The highest BCUT2D eigenvalue weighted by atomic mass is 79.9. The van der Waals surface area contributed by atoms with Gasteiger partial charge in [-0.15, -0.1) is 0 Å². The number of fused-ring (bicyclic) bond motifs is 1. The van der Waals surface area contributed by atoms with Gasteiger partial charge in [-0.1, -0.05) is 0 Å². The molecule has 2 aromatic heterocycles. The van der Waals surface area contributed by atoms with Crippen LogP contribution < -0.4 is 5.73 Å². The van der Waals surface area contributed by atoms with Crippen LogP contribution in [-0.4, -0.2) is 14.6 Å². The van der Waals surface area contributed by atoms with Crippen LogP contribution in [0.15, 0.2) is 23.1 Å². The van der Waals surface area contributed by atoms with E-state index >= 15 is 0 Å². The molecular weight excluding hydrogens is 208 g/mol. The van der Waals surface area contributed by atoms with Gasteiger partial charge in [0.15, 0.2) is 5.65 Å². The normalized spacial score (nSPS) is 10.6. The maximum Gasteiger partial charge on any atom is 0.178 e. The van der Waals surface area contributed by atoms with Gasteiger partial charge in [0.2, 0.25) is 0 Å². The van der Waals surface area contributed by atoms with Crippen LogP contribution in [0.2, 0.25) is 0 Å². The fraction of sp³-hybridized carbons (Fsp3) is 0. The Morgan fingerprint density at radius 2 is 2.27 bits per heavy atom. The number of rotatable bonds is 0. The summed E-state index contributed by atoms with van der Waals surface area (Å²) >= 11 is 3.28. The number of nitrogen functional groups attached to an aromatic ring is 1. The van der Waals surface area contributed by atoms with E-state index in [-0.39, 0.29) is 0 Å². The molecule has 4 nitrogen and oxygen atoms in total. The third-order valence-electron chi connectivity index (χ3n) is 1.35. The Bertz CT molecular complexity index is 394. The van der Waals surface area contributed by atoms with Crippen LogP contribution in [-0.2, 0) is 0 Å². The summed E-state index contributed by atoms with van der Waals surface area (Å²) in [6.07, 6.45) is 5.07. The van der Waals surface area contributed by atoms with Crippen LogP contribution in [0.5, 0.6) is 0 Å². The van der Waals surface area contributed by atoms with Crippen LogP contribution in [0.1, 0.15) is 0 Å². The Kier molecular flexibility index (Phi) is 1.32. The van der Waals surface area contributed by atoms with E-state index in [1.165, 1.54) is 0 Å². The number of hydrogen-bond acceptors (Lipinski definition) is 3. The molecule has 0 spiro atoms. The van der Waals surface area contributed by atoms with Crippen LogP contribution in [0, 0.1) is 0 Å². The van der Waals surface area contributed by atoms with E-state index in [0.29, 0.717) is 11.3 Å². The van der Waals surface area contributed by atoms with Crippen molar-refractivity contribution < 1.29 is 0 Å². The van der Waals surface area contributed by atoms with Gasteiger partial charge in [0.25, 0.3) is 0 Å². The zero-order valence-corrected chi connectivity index (χ0v) is 7.12. The second kappa shape index (κ2) is 2.20. The second-order valence-electron chi connectivity index (χ2n) is 2.14. The van der Waals surface area contributed by atoms with Crippen LogP contribution in [0.25, 0.3) is 5.65 Å². The Morgan fingerprint density at radius 3 is 3.09 bits per heavy atom. The zero-order chi connectivity index (χ0) is 7.84. The molecule has 5 heteroatoms. The highest BCUT2D eigenvalue weighted by Gasteiger charge is 1.99. The Hall–Kier alpha value is -1.10. The lowest BCUT2D eigenvalue weighted by atomic mass is 10.5. The summed E-state index contributed by atoms with van der Waals surface area (Å²) in [4.78, 5) is 4.07. The maximum absolute atomic E-state index is 5.57. The highest BCUT2D eigenvalue weighted by Crippen LogP contribution is 2.12. The first-order valence-corrected chi connectivity index (χ1v) is 3.81. The largest absolute Gasteiger partial charge is 0.394 e. The van der Waals surface area contributed by atoms with Crippen molar-refractivity contribution in [3.05, 3.63) is 23.1 Å². The molecule has 2 aromatic rings. The van der Waals surface area contributed by atoms with E-state index in [9.17, 15) is 0 Å². The fourth-order valence-electron chi connectivity index (χ4n) is 0.870. The smallest absolute Gasteiger partial charge is 0.178 e. The van der Waals surface area contributed by atoms with E-state index in [4.69, 9.17) is 5.73 Å². The number of anilines is 1. The van der Waals surface area contributed by atoms with Gasteiger partial charge in [-0.25, -0.2) is 9.50 Å². The average Bonchev–Trinajstić information content (AvgIpc) is 2.32. The monoisotopic (exact) mass is 212 g/mol. The molecule has 0 atom stereocenters. The van der Waals surface area contributed by atoms with Crippen molar-refractivity contribution in [1.29, 1.82) is 0 Å². The zero-order valence-electron chi connectivity index (χ0n) is 5.53. The number of nitrogens with two attached hydrogens (primary N) is 1. The third kappa shape index (κ3) is 0.970. The maximum atomic E-state index is 5.57. The number of hydrogen-bond donors (Lipinski definition) is 1. The molecule has 11 heavy (non-hydrogen) atoms. The van der Waals surface area contributed by atoms with Gasteiger partial charge in [0, 0.05) is 12.4 Å². The van der Waals surface area contributed by atoms with Crippen molar-refractivity contribution >= 4 is 27.3 Å². The van der Waals surface area contributed by atoms with Crippen LogP contribution >= 0.6 is 15.9 Å². The van der Waals surface area contributed by atoms with Crippen LogP contribution in [0.3, 0.4) is 0 Å². The minimum Gasteiger partial charge on any atom is -0.394 e. The summed E-state index contributed by atoms with van der Waals surface area (Å²) in [6.45, 7) is 0. The van der Waals surface area contributed by atoms with Crippen molar-refractivity contribution in [2.45, 2.75) is 0 Å². The molecule has 0 bridgehead atoms. The predicted octanol–water partition coefficient (Wildman–Crippen LogP) is 1.07. The number of nitrogens with zero attached hydrogens (tertiary/aromatic N) is 3. The Morgan fingerprint density at radius 1 is 1.45 bits per heavy atom. The molecule has 0 aliphatic rings. The minimum atomic E-state index is 0.595. The van der Waals surface area contributed by atoms with Gasteiger partial charge >= 0.3 is 0 Å². The molecule has 0 aliphatic heterocycles. The van der Waals surface area contributed by atoms with Gasteiger partial charge in [-0.2, -0.15) is 5.10 Å². The molecule has 56 valence electrons. The minimum absolute atomic E-state index is 0.595. The fourth-order valence-corrected chi connectivity index (χ4v) is 1.17. The molecule has 2 rings (SSSR count). The molecule has 0 fully saturated rings. The highest BCUT2D eigenvalue weighted by molar-refractivity contribution is 9.10. The van der Waals surface area contributed by atoms with E-state index in [0.717, 1.165) is 4.47 Å². The van der Waals surface area contributed by atoms with Crippen molar-refractivity contribution in [3.63, 3.8) is 0 Å². The van der Waals surface area contributed by atoms with E-state index in [1.807, 2.05) is 0 Å². The van der Waals surface area contributed by atoms with Gasteiger partial charge in [0.05, 0.1) is 16.4 Å². The molecule has 0 aromatic carbocycles. The lowest BCUT2D eigenvalue weighted by molar-refractivity contribution is 0.933. The predicted molar refractivity (Wildman–Crippen MR) is 45.1 cm³/mol. The van der Waals surface area contributed by atoms with Crippen molar-refractivity contribution in [2.75, 3.05) is 5.73 Å². The summed E-state index contributed by atoms with van der Waals surface area (Å²) in [5.74, 6) is 0. The molecule has 0 radical (unpaired) electrons. The molecule has 0 saturated heterocycles. The first kappa shape index (κ1) is 6.60. The first-order chi connectivity index (χ1) is 5.27. The Balaban J connectivity index is 2.86. The molecule has 0 aliphatic carbocycles. The first-order valence-electron chi connectivity index (χ1n) is 3.02. The molecule has 0 unspecified atom stereocenters. The average molecular weight is 213 g/mol. The summed E-state index contributed by atoms with van der Waals surface area (Å²) in [6, 6.07) is 0. The quantitative estimate of drug-likeness (QED) is 0.712. The molecular formula is C6H5BrN4. The summed E-state index contributed by atoms with van der Waals surface area (Å²) < 4.78 is 2.51.